The van der Waals surface area contributed by atoms with Crippen molar-refractivity contribution < 1.29 is 9.59 Å². The molecular formula is C21H18N2O2S2. The van der Waals surface area contributed by atoms with Crippen LogP contribution in [0.4, 0.5) is 5.69 Å². The van der Waals surface area contributed by atoms with E-state index in [1.165, 1.54) is 16.7 Å². The molecule has 0 aliphatic carbocycles. The Labute approximate surface area is 168 Å². The van der Waals surface area contributed by atoms with E-state index in [0.717, 1.165) is 5.56 Å². The maximum Gasteiger partial charge on any atom is 0.266 e. The van der Waals surface area contributed by atoms with Gasteiger partial charge in [0.05, 0.1) is 4.91 Å². The molecule has 2 amide bonds. The SMILES string of the molecule is CC(C(=O)Nc1ccccc1)N1C(=O)/C(=C/C=C/c2ccccc2)SC1=S. The number of hydrogen-bond acceptors (Lipinski definition) is 4. The van der Waals surface area contributed by atoms with E-state index in [0.29, 0.717) is 14.9 Å². The van der Waals surface area contributed by atoms with Crippen LogP contribution in [0.3, 0.4) is 0 Å². The Morgan fingerprint density at radius 3 is 2.41 bits per heavy atom. The number of para-hydroxylation sites is 1. The first-order chi connectivity index (χ1) is 13.1. The molecule has 1 N–H and O–H groups in total. The first kappa shape index (κ1) is 19.1. The third-order valence-electron chi connectivity index (χ3n) is 3.97. The Morgan fingerprint density at radius 1 is 1.11 bits per heavy atom. The minimum Gasteiger partial charge on any atom is -0.324 e. The summed E-state index contributed by atoms with van der Waals surface area (Å²) >= 11 is 6.53. The number of nitrogens with zero attached hydrogens (tertiary/aromatic N) is 1. The van der Waals surface area contributed by atoms with Gasteiger partial charge in [-0.3, -0.25) is 14.5 Å². The number of thiocarbonyl (C=S) groups is 1. The second-order valence-corrected chi connectivity index (χ2v) is 7.55. The van der Waals surface area contributed by atoms with E-state index in [2.05, 4.69) is 5.32 Å². The molecule has 1 aliphatic heterocycles. The first-order valence-corrected chi connectivity index (χ1v) is 9.63. The van der Waals surface area contributed by atoms with Crippen LogP contribution in [0.1, 0.15) is 12.5 Å². The second-order valence-electron chi connectivity index (χ2n) is 5.88. The van der Waals surface area contributed by atoms with E-state index in [4.69, 9.17) is 12.2 Å². The number of allylic oxidation sites excluding steroid dienone is 2. The van der Waals surface area contributed by atoms with E-state index in [9.17, 15) is 9.59 Å². The molecule has 2 aromatic rings. The lowest BCUT2D eigenvalue weighted by Gasteiger charge is -2.22. The van der Waals surface area contributed by atoms with E-state index in [1.807, 2.05) is 60.7 Å². The number of rotatable bonds is 5. The molecule has 27 heavy (non-hydrogen) atoms. The number of benzene rings is 2. The lowest BCUT2D eigenvalue weighted by atomic mass is 10.2. The van der Waals surface area contributed by atoms with Crippen LogP contribution in [0.2, 0.25) is 0 Å². The van der Waals surface area contributed by atoms with Gasteiger partial charge < -0.3 is 5.32 Å². The Kier molecular flexibility index (Phi) is 6.21. The van der Waals surface area contributed by atoms with E-state index >= 15 is 0 Å². The van der Waals surface area contributed by atoms with Crippen LogP contribution in [-0.2, 0) is 9.59 Å². The number of carbonyl (C=O) groups is 2. The number of thioether (sulfide) groups is 1. The molecule has 0 saturated carbocycles. The first-order valence-electron chi connectivity index (χ1n) is 8.41. The molecule has 0 aromatic heterocycles. The maximum absolute atomic E-state index is 12.7. The molecule has 1 heterocycles. The molecule has 136 valence electrons. The molecule has 1 aliphatic rings. The summed E-state index contributed by atoms with van der Waals surface area (Å²) < 4.78 is 0.384. The molecular weight excluding hydrogens is 376 g/mol. The molecule has 1 saturated heterocycles. The van der Waals surface area contributed by atoms with Crippen LogP contribution in [-0.4, -0.2) is 27.1 Å². The molecule has 1 fully saturated rings. The van der Waals surface area contributed by atoms with Gasteiger partial charge in [0.2, 0.25) is 5.91 Å². The monoisotopic (exact) mass is 394 g/mol. The fraction of sp³-hybridized carbons (Fsp3) is 0.0952. The van der Waals surface area contributed by atoms with E-state index in [-0.39, 0.29) is 11.8 Å². The molecule has 0 spiro atoms. The largest absolute Gasteiger partial charge is 0.324 e. The maximum atomic E-state index is 12.7. The topological polar surface area (TPSA) is 49.4 Å². The van der Waals surface area contributed by atoms with Crippen molar-refractivity contribution >= 4 is 51.9 Å². The van der Waals surface area contributed by atoms with Crippen LogP contribution in [0.5, 0.6) is 0 Å². The van der Waals surface area contributed by atoms with Gasteiger partial charge in [-0.1, -0.05) is 84.7 Å². The standard InChI is InChI=1S/C21H18N2O2S2/c1-15(19(24)22-17-12-6-3-7-13-17)23-20(25)18(27-21(23)26)14-8-11-16-9-4-2-5-10-16/h2-15H,1H3,(H,22,24)/b11-8+,18-14-. The van der Waals surface area contributed by atoms with E-state index in [1.54, 1.807) is 25.1 Å². The minimum atomic E-state index is -0.693. The molecule has 3 rings (SSSR count). The van der Waals surface area contributed by atoms with Crippen molar-refractivity contribution in [3.05, 3.63) is 83.3 Å². The molecule has 6 heteroatoms. The lowest BCUT2D eigenvalue weighted by Crippen LogP contribution is -2.44. The predicted molar refractivity (Wildman–Crippen MR) is 115 cm³/mol. The zero-order valence-electron chi connectivity index (χ0n) is 14.7. The summed E-state index contributed by atoms with van der Waals surface area (Å²) in [5, 5.41) is 2.80. The normalized spacial score (nSPS) is 16.9. The van der Waals surface area contributed by atoms with Gasteiger partial charge in [-0.25, -0.2) is 0 Å². The highest BCUT2D eigenvalue weighted by Crippen LogP contribution is 2.32. The summed E-state index contributed by atoms with van der Waals surface area (Å²) in [6, 6.07) is 18.2. The fourth-order valence-corrected chi connectivity index (χ4v) is 3.89. The van der Waals surface area contributed by atoms with Crippen molar-refractivity contribution in [1.29, 1.82) is 0 Å². The number of amides is 2. The van der Waals surface area contributed by atoms with Crippen molar-refractivity contribution in [2.24, 2.45) is 0 Å². The second kappa shape index (κ2) is 8.79. The van der Waals surface area contributed by atoms with Crippen molar-refractivity contribution in [3.63, 3.8) is 0 Å². The van der Waals surface area contributed by atoms with Crippen molar-refractivity contribution in [2.45, 2.75) is 13.0 Å². The Balaban J connectivity index is 1.69. The van der Waals surface area contributed by atoms with Gasteiger partial charge in [0.1, 0.15) is 10.4 Å². The van der Waals surface area contributed by atoms with Crippen molar-refractivity contribution in [2.75, 3.05) is 5.32 Å². The highest BCUT2D eigenvalue weighted by atomic mass is 32.2. The van der Waals surface area contributed by atoms with Crippen molar-refractivity contribution in [3.8, 4) is 0 Å². The van der Waals surface area contributed by atoms with Crippen LogP contribution < -0.4 is 5.32 Å². The minimum absolute atomic E-state index is 0.251. The third kappa shape index (κ3) is 4.72. The highest BCUT2D eigenvalue weighted by molar-refractivity contribution is 8.26. The fourth-order valence-electron chi connectivity index (χ4n) is 2.52. The Morgan fingerprint density at radius 2 is 1.74 bits per heavy atom. The average molecular weight is 395 g/mol. The van der Waals surface area contributed by atoms with Crippen LogP contribution in [0, 0.1) is 0 Å². The molecule has 1 atom stereocenters. The molecule has 4 nitrogen and oxygen atoms in total. The van der Waals surface area contributed by atoms with Gasteiger partial charge in [0, 0.05) is 5.69 Å². The van der Waals surface area contributed by atoms with Gasteiger partial charge in [-0.15, -0.1) is 0 Å². The molecule has 0 radical (unpaired) electrons. The van der Waals surface area contributed by atoms with E-state index < -0.39 is 6.04 Å². The van der Waals surface area contributed by atoms with Gasteiger partial charge in [-0.05, 0) is 30.7 Å². The summed E-state index contributed by atoms with van der Waals surface area (Å²) in [7, 11) is 0. The van der Waals surface area contributed by atoms with Gasteiger partial charge in [0.25, 0.3) is 5.91 Å². The summed E-state index contributed by atoms with van der Waals surface area (Å²) in [6.45, 7) is 1.67. The third-order valence-corrected chi connectivity index (χ3v) is 5.32. The Bertz CT molecular complexity index is 908. The number of nitrogens with one attached hydrogen (secondary N) is 1. The van der Waals surface area contributed by atoms with Crippen LogP contribution in [0.15, 0.2) is 77.7 Å². The smallest absolute Gasteiger partial charge is 0.266 e. The summed E-state index contributed by atoms with van der Waals surface area (Å²) in [4.78, 5) is 27.0. The van der Waals surface area contributed by atoms with Crippen LogP contribution >= 0.6 is 24.0 Å². The number of hydrogen-bond donors (Lipinski definition) is 1. The molecule has 1 unspecified atom stereocenters. The van der Waals surface area contributed by atoms with Crippen molar-refractivity contribution in [1.82, 2.24) is 4.90 Å². The highest BCUT2D eigenvalue weighted by Gasteiger charge is 2.37. The predicted octanol–water partition coefficient (Wildman–Crippen LogP) is 4.47. The lowest BCUT2D eigenvalue weighted by molar-refractivity contribution is -0.129. The quantitative estimate of drug-likeness (QED) is 0.600. The van der Waals surface area contributed by atoms with Crippen LogP contribution in [0.25, 0.3) is 6.08 Å². The summed E-state index contributed by atoms with van der Waals surface area (Å²) in [5.74, 6) is -0.531. The zero-order chi connectivity index (χ0) is 19.2. The molecule has 2 aromatic carbocycles. The summed E-state index contributed by atoms with van der Waals surface area (Å²) in [5.41, 5.74) is 1.72. The summed E-state index contributed by atoms with van der Waals surface area (Å²) in [6.07, 6.45) is 5.46. The van der Waals surface area contributed by atoms with Gasteiger partial charge >= 0.3 is 0 Å². The zero-order valence-corrected chi connectivity index (χ0v) is 16.3. The number of carbonyl (C=O) groups excluding carboxylic acids is 2. The molecule has 0 bridgehead atoms. The number of anilines is 1. The van der Waals surface area contributed by atoms with Gasteiger partial charge in [0.15, 0.2) is 0 Å². The Hall–Kier alpha value is -2.70. The average Bonchev–Trinajstić information content (AvgIpc) is 2.96. The van der Waals surface area contributed by atoms with Gasteiger partial charge in [-0.2, -0.15) is 0 Å².